The third-order valence-electron chi connectivity index (χ3n) is 1.88. The first-order valence-corrected chi connectivity index (χ1v) is 8.01. The highest BCUT2D eigenvalue weighted by Gasteiger charge is 2.08. The van der Waals surface area contributed by atoms with Gasteiger partial charge in [0.05, 0.1) is 37.1 Å². The van der Waals surface area contributed by atoms with Gasteiger partial charge < -0.3 is 9.47 Å². The van der Waals surface area contributed by atoms with Gasteiger partial charge in [-0.2, -0.15) is 0 Å². The monoisotopic (exact) mass is 316 g/mol. The number of hydrogen-bond acceptors (Lipinski definition) is 8. The van der Waals surface area contributed by atoms with Crippen molar-refractivity contribution in [3.05, 3.63) is 12.4 Å². The Labute approximate surface area is 126 Å². The number of rotatable bonds is 8. The third kappa shape index (κ3) is 6.76. The fourth-order valence-electron chi connectivity index (χ4n) is 1.14. The molecule has 1 aromatic rings. The molecule has 0 saturated heterocycles. The van der Waals surface area contributed by atoms with Crippen LogP contribution in [-0.2, 0) is 19.1 Å². The highest BCUT2D eigenvalue weighted by molar-refractivity contribution is 8.00. The highest BCUT2D eigenvalue weighted by Crippen LogP contribution is 2.20. The van der Waals surface area contributed by atoms with Crippen LogP contribution in [0.25, 0.3) is 0 Å². The number of carbonyl (C=O) groups excluding carboxylic acids is 2. The van der Waals surface area contributed by atoms with Crippen molar-refractivity contribution in [1.29, 1.82) is 0 Å². The van der Waals surface area contributed by atoms with Crippen molar-refractivity contribution in [1.82, 2.24) is 9.97 Å². The number of nitrogens with zero attached hydrogens (tertiary/aromatic N) is 2. The summed E-state index contributed by atoms with van der Waals surface area (Å²) in [5.41, 5.74) is 0. The first kappa shape index (κ1) is 16.8. The normalized spacial score (nSPS) is 10.1. The fraction of sp³-hybridized carbons (Fsp3) is 0.500. The fourth-order valence-corrected chi connectivity index (χ4v) is 2.49. The number of ether oxygens (including phenoxy) is 2. The van der Waals surface area contributed by atoms with E-state index in [2.05, 4.69) is 9.97 Å². The molecular formula is C12H16N2O4S2. The summed E-state index contributed by atoms with van der Waals surface area (Å²) in [4.78, 5) is 30.8. The van der Waals surface area contributed by atoms with Crippen molar-refractivity contribution < 1.29 is 19.1 Å². The van der Waals surface area contributed by atoms with Gasteiger partial charge in [0.25, 0.3) is 0 Å². The lowest BCUT2D eigenvalue weighted by Gasteiger charge is -2.04. The molecule has 1 heterocycles. The zero-order valence-electron chi connectivity index (χ0n) is 11.3. The Hall–Kier alpha value is -1.28. The smallest absolute Gasteiger partial charge is 0.316 e. The van der Waals surface area contributed by atoms with Crippen LogP contribution in [0.1, 0.15) is 13.8 Å². The maximum Gasteiger partial charge on any atom is 0.316 e. The van der Waals surface area contributed by atoms with Gasteiger partial charge in [-0.25, -0.2) is 4.98 Å². The molecule has 0 N–H and O–H groups in total. The molecule has 0 fully saturated rings. The van der Waals surface area contributed by atoms with E-state index < -0.39 is 0 Å². The second kappa shape index (κ2) is 9.60. The van der Waals surface area contributed by atoms with E-state index in [9.17, 15) is 9.59 Å². The molecule has 20 heavy (non-hydrogen) atoms. The lowest BCUT2D eigenvalue weighted by Crippen LogP contribution is -2.07. The average Bonchev–Trinajstić information content (AvgIpc) is 2.44. The Balaban J connectivity index is 2.45. The van der Waals surface area contributed by atoms with Gasteiger partial charge in [-0.3, -0.25) is 14.6 Å². The average molecular weight is 316 g/mol. The first-order valence-electron chi connectivity index (χ1n) is 6.04. The summed E-state index contributed by atoms with van der Waals surface area (Å²) in [7, 11) is 0. The maximum absolute atomic E-state index is 11.2. The zero-order chi connectivity index (χ0) is 14.8. The molecule has 0 bridgehead atoms. The van der Waals surface area contributed by atoms with Crippen LogP contribution in [-0.4, -0.2) is 46.6 Å². The van der Waals surface area contributed by atoms with Gasteiger partial charge in [0.2, 0.25) is 0 Å². The zero-order valence-corrected chi connectivity index (χ0v) is 13.0. The Morgan fingerprint density at radius 2 is 1.45 bits per heavy atom. The lowest BCUT2D eigenvalue weighted by molar-refractivity contribution is -0.140. The van der Waals surface area contributed by atoms with Gasteiger partial charge >= 0.3 is 11.9 Å². The minimum Gasteiger partial charge on any atom is -0.465 e. The van der Waals surface area contributed by atoms with E-state index in [4.69, 9.17) is 9.47 Å². The Morgan fingerprint density at radius 3 is 1.85 bits per heavy atom. The van der Waals surface area contributed by atoms with Gasteiger partial charge in [0.15, 0.2) is 0 Å². The molecule has 0 aromatic carbocycles. The number of carbonyl (C=O) groups is 2. The van der Waals surface area contributed by atoms with Crippen LogP contribution in [0.4, 0.5) is 0 Å². The molecule has 0 aliphatic carbocycles. The van der Waals surface area contributed by atoms with Crippen LogP contribution in [0.3, 0.4) is 0 Å². The van der Waals surface area contributed by atoms with Crippen molar-refractivity contribution in [2.24, 2.45) is 0 Å². The third-order valence-corrected chi connectivity index (χ3v) is 3.62. The summed E-state index contributed by atoms with van der Waals surface area (Å²) >= 11 is 2.50. The molecule has 0 aliphatic rings. The predicted molar refractivity (Wildman–Crippen MR) is 76.7 cm³/mol. The molecule has 0 spiro atoms. The summed E-state index contributed by atoms with van der Waals surface area (Å²) in [5.74, 6) is -0.198. The summed E-state index contributed by atoms with van der Waals surface area (Å²) in [6, 6.07) is 0. The SMILES string of the molecule is CCOC(=O)CSc1cncc(SCC(=O)OCC)n1. The standard InChI is InChI=1S/C12H16N2O4S2/c1-3-17-11(15)7-19-9-5-13-6-10(14-9)20-8-12(16)18-4-2/h5-6H,3-4,7-8H2,1-2H3. The molecular weight excluding hydrogens is 300 g/mol. The van der Waals surface area contributed by atoms with Gasteiger partial charge in [-0.05, 0) is 13.8 Å². The summed E-state index contributed by atoms with van der Waals surface area (Å²) in [6.07, 6.45) is 3.14. The molecule has 1 rings (SSSR count). The first-order chi connectivity index (χ1) is 9.65. The van der Waals surface area contributed by atoms with E-state index in [1.165, 1.54) is 23.5 Å². The second-order valence-corrected chi connectivity index (χ2v) is 5.37. The van der Waals surface area contributed by atoms with E-state index in [0.717, 1.165) is 0 Å². The van der Waals surface area contributed by atoms with Crippen LogP contribution >= 0.6 is 23.5 Å². The summed E-state index contributed by atoms with van der Waals surface area (Å²) < 4.78 is 9.65. The predicted octanol–water partition coefficient (Wildman–Crippen LogP) is 1.79. The van der Waals surface area contributed by atoms with Crippen molar-refractivity contribution in [3.63, 3.8) is 0 Å². The van der Waals surface area contributed by atoms with Crippen LogP contribution < -0.4 is 0 Å². The molecule has 0 radical (unpaired) electrons. The van der Waals surface area contributed by atoms with Gasteiger partial charge in [0, 0.05) is 0 Å². The molecule has 0 atom stereocenters. The Morgan fingerprint density at radius 1 is 1.00 bits per heavy atom. The van der Waals surface area contributed by atoms with Crippen LogP contribution in [0.5, 0.6) is 0 Å². The van der Waals surface area contributed by atoms with Crippen molar-refractivity contribution in [2.45, 2.75) is 23.9 Å². The Kier molecular flexibility index (Phi) is 8.05. The van der Waals surface area contributed by atoms with E-state index in [-0.39, 0.29) is 23.4 Å². The molecule has 0 aliphatic heterocycles. The topological polar surface area (TPSA) is 78.4 Å². The molecule has 0 saturated carbocycles. The van der Waals surface area contributed by atoms with E-state index in [0.29, 0.717) is 23.3 Å². The van der Waals surface area contributed by atoms with E-state index in [1.54, 1.807) is 26.2 Å². The highest BCUT2D eigenvalue weighted by atomic mass is 32.2. The van der Waals surface area contributed by atoms with Gasteiger partial charge in [-0.15, -0.1) is 0 Å². The molecule has 8 heteroatoms. The lowest BCUT2D eigenvalue weighted by atomic mass is 10.7. The second-order valence-electron chi connectivity index (χ2n) is 3.38. The van der Waals surface area contributed by atoms with Crippen LogP contribution in [0.15, 0.2) is 22.4 Å². The summed E-state index contributed by atoms with van der Waals surface area (Å²) in [6.45, 7) is 4.24. The van der Waals surface area contributed by atoms with Crippen LogP contribution in [0.2, 0.25) is 0 Å². The van der Waals surface area contributed by atoms with Crippen molar-refractivity contribution in [2.75, 3.05) is 24.7 Å². The quantitative estimate of drug-likeness (QED) is 0.530. The number of thioether (sulfide) groups is 2. The molecule has 0 unspecified atom stereocenters. The minimum atomic E-state index is -0.288. The summed E-state index contributed by atoms with van der Waals surface area (Å²) in [5, 5.41) is 1.24. The number of hydrogen-bond donors (Lipinski definition) is 0. The molecule has 110 valence electrons. The Bertz CT molecular complexity index is 420. The minimum absolute atomic E-state index is 0.189. The molecule has 6 nitrogen and oxygen atoms in total. The largest absolute Gasteiger partial charge is 0.465 e. The van der Waals surface area contributed by atoms with Crippen molar-refractivity contribution >= 4 is 35.5 Å². The van der Waals surface area contributed by atoms with E-state index >= 15 is 0 Å². The van der Waals surface area contributed by atoms with Crippen LogP contribution in [0, 0.1) is 0 Å². The molecule has 1 aromatic heterocycles. The van der Waals surface area contributed by atoms with Crippen molar-refractivity contribution in [3.8, 4) is 0 Å². The number of esters is 2. The maximum atomic E-state index is 11.2. The number of aromatic nitrogens is 2. The molecule has 0 amide bonds. The van der Waals surface area contributed by atoms with Gasteiger partial charge in [0.1, 0.15) is 10.1 Å². The van der Waals surface area contributed by atoms with E-state index in [1.807, 2.05) is 0 Å². The van der Waals surface area contributed by atoms with Gasteiger partial charge in [-0.1, -0.05) is 23.5 Å².